The summed E-state index contributed by atoms with van der Waals surface area (Å²) in [5, 5.41) is 13.6. The molecule has 0 aliphatic carbocycles. The minimum Gasteiger partial charge on any atom is -0.872 e. The van der Waals surface area contributed by atoms with E-state index < -0.39 is 23.5 Å². The van der Waals surface area contributed by atoms with E-state index in [9.17, 15) is 14.7 Å². The quantitative estimate of drug-likeness (QED) is 0.301. The lowest BCUT2D eigenvalue weighted by Crippen LogP contribution is -3.14. The smallest absolute Gasteiger partial charge is 0.295 e. The Morgan fingerprint density at radius 1 is 1.06 bits per heavy atom. The van der Waals surface area contributed by atoms with Gasteiger partial charge in [-0.25, -0.2) is 0 Å². The molecule has 2 fully saturated rings. The average Bonchev–Trinajstić information content (AvgIpc) is 3.17. The van der Waals surface area contributed by atoms with Crippen molar-refractivity contribution in [3.63, 3.8) is 0 Å². The molecule has 8 heteroatoms. The highest BCUT2D eigenvalue weighted by Crippen LogP contribution is 2.39. The van der Waals surface area contributed by atoms with E-state index in [1.54, 1.807) is 48.4 Å². The van der Waals surface area contributed by atoms with Crippen LogP contribution in [-0.2, 0) is 14.3 Å². The fourth-order valence-corrected chi connectivity index (χ4v) is 4.72. The van der Waals surface area contributed by atoms with Crippen LogP contribution in [0.25, 0.3) is 5.76 Å². The molecule has 2 aromatic rings. The summed E-state index contributed by atoms with van der Waals surface area (Å²) in [5.74, 6) is -0.471. The normalized spacial score (nSPS) is 20.1. The van der Waals surface area contributed by atoms with Crippen LogP contribution in [0.4, 0.5) is 0 Å². The van der Waals surface area contributed by atoms with Gasteiger partial charge in [0.1, 0.15) is 24.6 Å². The van der Waals surface area contributed by atoms with E-state index in [2.05, 4.69) is 0 Å². The van der Waals surface area contributed by atoms with Crippen LogP contribution in [-0.4, -0.2) is 69.7 Å². The molecule has 0 aromatic heterocycles. The number of quaternary nitrogens is 1. The number of carbonyl (C=O) groups excluding carboxylic acids is 2. The van der Waals surface area contributed by atoms with E-state index in [-0.39, 0.29) is 5.57 Å². The van der Waals surface area contributed by atoms with Gasteiger partial charge in [0.25, 0.3) is 5.91 Å². The van der Waals surface area contributed by atoms with Crippen LogP contribution in [0.1, 0.15) is 36.9 Å². The summed E-state index contributed by atoms with van der Waals surface area (Å²) in [6, 6.07) is 13.2. The van der Waals surface area contributed by atoms with Gasteiger partial charge in [0.2, 0.25) is 5.78 Å². The lowest BCUT2D eigenvalue weighted by Gasteiger charge is -2.29. The van der Waals surface area contributed by atoms with Crippen molar-refractivity contribution >= 4 is 17.4 Å². The van der Waals surface area contributed by atoms with Crippen molar-refractivity contribution in [2.45, 2.75) is 25.8 Å². The van der Waals surface area contributed by atoms with Crippen molar-refractivity contribution in [3.8, 4) is 11.5 Å². The van der Waals surface area contributed by atoms with Gasteiger partial charge < -0.3 is 29.1 Å². The van der Waals surface area contributed by atoms with Crippen LogP contribution in [0, 0.1) is 0 Å². The number of carbonyl (C=O) groups is 2. The molecule has 2 aromatic carbocycles. The fraction of sp³-hybridized carbons (Fsp3) is 0.429. The third kappa shape index (κ3) is 5.71. The number of nitrogens with one attached hydrogen (secondary N) is 1. The molecule has 0 bridgehead atoms. The molecule has 192 valence electrons. The molecule has 0 saturated carbocycles. The first-order valence-corrected chi connectivity index (χ1v) is 12.6. The maximum Gasteiger partial charge on any atom is 0.295 e. The van der Waals surface area contributed by atoms with Crippen molar-refractivity contribution in [2.75, 3.05) is 53.1 Å². The zero-order valence-corrected chi connectivity index (χ0v) is 21.0. The molecule has 8 nitrogen and oxygen atoms in total. The summed E-state index contributed by atoms with van der Waals surface area (Å²) >= 11 is 0. The molecule has 1 atom stereocenters. The zero-order valence-electron chi connectivity index (χ0n) is 21.0. The number of ketones is 1. The second-order valence-electron chi connectivity index (χ2n) is 9.08. The van der Waals surface area contributed by atoms with Crippen LogP contribution in [0.15, 0.2) is 54.1 Å². The summed E-state index contributed by atoms with van der Waals surface area (Å²) in [7, 11) is 1.58. The number of methoxy groups -OCH3 is 1. The Morgan fingerprint density at radius 2 is 1.72 bits per heavy atom. The largest absolute Gasteiger partial charge is 0.872 e. The number of likely N-dealkylation sites (tertiary alicyclic amines) is 1. The Morgan fingerprint density at radius 3 is 2.36 bits per heavy atom. The van der Waals surface area contributed by atoms with Crippen LogP contribution >= 0.6 is 0 Å². The first kappa shape index (κ1) is 25.7. The Balaban J connectivity index is 1.63. The Kier molecular flexibility index (Phi) is 8.61. The summed E-state index contributed by atoms with van der Waals surface area (Å²) in [4.78, 5) is 29.3. The molecule has 2 aliphatic heterocycles. The molecule has 1 N–H and O–H groups in total. The second kappa shape index (κ2) is 12.1. The maximum absolute atomic E-state index is 13.6. The zero-order chi connectivity index (χ0) is 25.5. The first-order valence-electron chi connectivity index (χ1n) is 12.6. The third-order valence-corrected chi connectivity index (χ3v) is 6.68. The SMILES string of the molecule is CCCOc1ccc(/C([O-])=C2\C(=O)C(=O)N(CCC[NH+]3CCOCC3)C2c2ccc(OC)cc2)cc1. The molecule has 4 rings (SSSR count). The van der Waals surface area contributed by atoms with Gasteiger partial charge in [0.15, 0.2) is 0 Å². The standard InChI is InChI=1S/C28H34N2O6/c1-3-17-36-23-11-7-21(8-12-23)26(31)24-25(20-5-9-22(34-2)10-6-20)30(28(33)27(24)32)14-4-13-29-15-18-35-19-16-29/h5-12,25,31H,3-4,13-19H2,1-2H3/b26-24+. The predicted octanol–water partition coefficient (Wildman–Crippen LogP) is 1.01. The van der Waals surface area contributed by atoms with E-state index in [0.29, 0.717) is 35.8 Å². The molecule has 1 unspecified atom stereocenters. The number of benzene rings is 2. The molecule has 2 aliphatic rings. The second-order valence-corrected chi connectivity index (χ2v) is 9.08. The predicted molar refractivity (Wildman–Crippen MR) is 133 cm³/mol. The minimum atomic E-state index is -0.737. The van der Waals surface area contributed by atoms with E-state index >= 15 is 0 Å². The van der Waals surface area contributed by atoms with Gasteiger partial charge in [0, 0.05) is 18.5 Å². The molecular weight excluding hydrogens is 460 g/mol. The van der Waals surface area contributed by atoms with Crippen molar-refractivity contribution in [2.24, 2.45) is 0 Å². The van der Waals surface area contributed by atoms with Crippen LogP contribution in [0.3, 0.4) is 0 Å². The molecule has 1 amide bonds. The average molecular weight is 495 g/mol. The molecule has 2 saturated heterocycles. The first-order chi connectivity index (χ1) is 17.5. The maximum atomic E-state index is 13.6. The molecule has 0 radical (unpaired) electrons. The number of rotatable bonds is 10. The summed E-state index contributed by atoms with van der Waals surface area (Å²) in [6.07, 6.45) is 1.60. The summed E-state index contributed by atoms with van der Waals surface area (Å²) < 4.78 is 16.3. The Labute approximate surface area is 212 Å². The van der Waals surface area contributed by atoms with Crippen molar-refractivity contribution < 1.29 is 33.8 Å². The number of Topliss-reactive ketones (excluding diaryl/α,β-unsaturated/α-hetero) is 1. The Bertz CT molecular complexity index is 1070. The van der Waals surface area contributed by atoms with Gasteiger partial charge in [0.05, 0.1) is 39.5 Å². The summed E-state index contributed by atoms with van der Waals surface area (Å²) in [6.45, 7) is 7.21. The van der Waals surface area contributed by atoms with E-state index in [0.717, 1.165) is 45.7 Å². The van der Waals surface area contributed by atoms with Gasteiger partial charge in [-0.1, -0.05) is 36.9 Å². The fourth-order valence-electron chi connectivity index (χ4n) is 4.72. The molecule has 36 heavy (non-hydrogen) atoms. The van der Waals surface area contributed by atoms with Crippen LogP contribution in [0.2, 0.25) is 0 Å². The molecule has 0 spiro atoms. The number of amides is 1. The molecule has 2 heterocycles. The summed E-state index contributed by atoms with van der Waals surface area (Å²) in [5.41, 5.74) is 1.05. The van der Waals surface area contributed by atoms with E-state index in [1.807, 2.05) is 19.1 Å². The number of ether oxygens (including phenoxy) is 3. The topological polar surface area (TPSA) is 92.6 Å². The van der Waals surface area contributed by atoms with Crippen molar-refractivity contribution in [1.82, 2.24) is 4.90 Å². The lowest BCUT2D eigenvalue weighted by atomic mass is 9.95. The van der Waals surface area contributed by atoms with Crippen molar-refractivity contribution in [1.29, 1.82) is 0 Å². The number of nitrogens with zero attached hydrogens (tertiary/aromatic N) is 1. The van der Waals surface area contributed by atoms with Crippen LogP contribution < -0.4 is 19.5 Å². The molecular formula is C28H34N2O6. The van der Waals surface area contributed by atoms with Crippen molar-refractivity contribution in [3.05, 3.63) is 65.2 Å². The number of hydrogen-bond donors (Lipinski definition) is 1. The van der Waals surface area contributed by atoms with Gasteiger partial charge in [-0.05, 0) is 41.8 Å². The highest BCUT2D eigenvalue weighted by molar-refractivity contribution is 6.46. The monoisotopic (exact) mass is 494 g/mol. The van der Waals surface area contributed by atoms with E-state index in [4.69, 9.17) is 14.2 Å². The number of hydrogen-bond acceptors (Lipinski definition) is 6. The van der Waals surface area contributed by atoms with Gasteiger partial charge in [-0.2, -0.15) is 0 Å². The van der Waals surface area contributed by atoms with Gasteiger partial charge >= 0.3 is 0 Å². The van der Waals surface area contributed by atoms with E-state index in [1.165, 1.54) is 4.90 Å². The highest BCUT2D eigenvalue weighted by atomic mass is 16.5. The number of morpholine rings is 1. The lowest BCUT2D eigenvalue weighted by molar-refractivity contribution is -0.908. The Hall–Kier alpha value is -3.36. The highest BCUT2D eigenvalue weighted by Gasteiger charge is 2.44. The third-order valence-electron chi connectivity index (χ3n) is 6.68. The van der Waals surface area contributed by atoms with Gasteiger partial charge in [-0.3, -0.25) is 9.59 Å². The van der Waals surface area contributed by atoms with Gasteiger partial charge in [-0.15, -0.1) is 0 Å². The van der Waals surface area contributed by atoms with Crippen LogP contribution in [0.5, 0.6) is 11.5 Å². The minimum absolute atomic E-state index is 0.00823.